The minimum atomic E-state index is -1.94. The van der Waals surface area contributed by atoms with Crippen molar-refractivity contribution in [3.05, 3.63) is 0 Å². The van der Waals surface area contributed by atoms with Crippen molar-refractivity contribution in [3.8, 4) is 0 Å². The molecule has 0 N–H and O–H groups in total. The Labute approximate surface area is 102 Å². The zero-order valence-electron chi connectivity index (χ0n) is 11.4. The lowest BCUT2D eigenvalue weighted by Gasteiger charge is -2.45. The molecule has 0 aromatic heterocycles. The third-order valence-corrected chi connectivity index (χ3v) is 9.12. The maximum Gasteiger partial charge on any atom is 0.344 e. The van der Waals surface area contributed by atoms with Crippen LogP contribution in [0.2, 0.25) is 11.1 Å². The van der Waals surface area contributed by atoms with Crippen molar-refractivity contribution in [1.82, 2.24) is 0 Å². The van der Waals surface area contributed by atoms with Crippen LogP contribution in [0.3, 0.4) is 0 Å². The van der Waals surface area contributed by atoms with Gasteiger partial charge in [-0.1, -0.05) is 33.1 Å². The van der Waals surface area contributed by atoms with E-state index in [-0.39, 0.29) is 0 Å². The van der Waals surface area contributed by atoms with Crippen LogP contribution in [-0.2, 0) is 8.85 Å². The first-order chi connectivity index (χ1) is 7.75. The van der Waals surface area contributed by atoms with E-state index in [0.29, 0.717) is 11.1 Å². The molecule has 96 valence electrons. The first-order valence-corrected chi connectivity index (χ1v) is 9.00. The van der Waals surface area contributed by atoms with Crippen LogP contribution in [0.1, 0.15) is 59.8 Å². The summed E-state index contributed by atoms with van der Waals surface area (Å²) in [5, 5.41) is 0. The van der Waals surface area contributed by atoms with Gasteiger partial charge in [0.15, 0.2) is 0 Å². The Balaban J connectivity index is 2.90. The van der Waals surface area contributed by atoms with Crippen LogP contribution in [0.5, 0.6) is 0 Å². The van der Waals surface area contributed by atoms with Crippen LogP contribution >= 0.6 is 0 Å². The Kier molecular flexibility index (Phi) is 6.01. The van der Waals surface area contributed by atoms with Crippen LogP contribution in [0, 0.1) is 0 Å². The van der Waals surface area contributed by atoms with Crippen molar-refractivity contribution in [3.63, 3.8) is 0 Å². The van der Waals surface area contributed by atoms with E-state index < -0.39 is 8.56 Å². The van der Waals surface area contributed by atoms with Gasteiger partial charge in [-0.25, -0.2) is 0 Å². The first-order valence-electron chi connectivity index (χ1n) is 7.02. The summed E-state index contributed by atoms with van der Waals surface area (Å²) in [6.45, 7) is 10.5. The van der Waals surface area contributed by atoms with Crippen LogP contribution in [0.15, 0.2) is 0 Å². The average Bonchev–Trinajstić information content (AvgIpc) is 2.30. The minimum Gasteiger partial charge on any atom is -0.394 e. The van der Waals surface area contributed by atoms with Crippen LogP contribution in [0.4, 0.5) is 0 Å². The molecule has 2 nitrogen and oxygen atoms in total. The van der Waals surface area contributed by atoms with E-state index in [1.165, 1.54) is 32.1 Å². The molecular formula is C13H28O2Si. The quantitative estimate of drug-likeness (QED) is 0.650. The van der Waals surface area contributed by atoms with E-state index in [0.717, 1.165) is 13.2 Å². The molecule has 0 aliphatic carbocycles. The van der Waals surface area contributed by atoms with Crippen LogP contribution in [0.25, 0.3) is 0 Å². The van der Waals surface area contributed by atoms with Gasteiger partial charge in [0.2, 0.25) is 0 Å². The molecule has 1 rings (SSSR count). The molecule has 2 atom stereocenters. The standard InChI is InChI=1S/C13H28O2Si/c1-5-12-10-9-11-13(6-2)16(12,14-7-3)15-8-4/h12-13H,5-11H2,1-4H3. The van der Waals surface area contributed by atoms with Crippen molar-refractivity contribution in [2.75, 3.05) is 13.2 Å². The number of hydrogen-bond acceptors (Lipinski definition) is 2. The predicted octanol–water partition coefficient (Wildman–Crippen LogP) is 4.25. The van der Waals surface area contributed by atoms with Gasteiger partial charge in [0.05, 0.1) is 0 Å². The van der Waals surface area contributed by atoms with E-state index >= 15 is 0 Å². The summed E-state index contributed by atoms with van der Waals surface area (Å²) in [6.07, 6.45) is 6.45. The van der Waals surface area contributed by atoms with E-state index in [4.69, 9.17) is 8.85 Å². The van der Waals surface area contributed by atoms with Crippen molar-refractivity contribution < 1.29 is 8.85 Å². The van der Waals surface area contributed by atoms with Crippen molar-refractivity contribution >= 4 is 8.56 Å². The molecule has 16 heavy (non-hydrogen) atoms. The van der Waals surface area contributed by atoms with Gasteiger partial charge in [0.25, 0.3) is 0 Å². The second kappa shape index (κ2) is 6.77. The maximum atomic E-state index is 6.23. The molecule has 0 aromatic rings. The highest BCUT2D eigenvalue weighted by Gasteiger charge is 2.52. The lowest BCUT2D eigenvalue weighted by molar-refractivity contribution is 0.146. The molecular weight excluding hydrogens is 216 g/mol. The summed E-state index contributed by atoms with van der Waals surface area (Å²) >= 11 is 0. The van der Waals surface area contributed by atoms with E-state index in [1.54, 1.807) is 0 Å². The van der Waals surface area contributed by atoms with Crippen molar-refractivity contribution in [2.45, 2.75) is 70.9 Å². The van der Waals surface area contributed by atoms with Gasteiger partial charge >= 0.3 is 8.56 Å². The molecule has 1 saturated heterocycles. The van der Waals surface area contributed by atoms with E-state index in [9.17, 15) is 0 Å². The molecule has 3 heteroatoms. The Morgan fingerprint density at radius 1 is 0.875 bits per heavy atom. The SMILES string of the molecule is CCO[Si]1(OCC)C(CC)CCCC1CC. The third-order valence-electron chi connectivity index (χ3n) is 3.97. The third kappa shape index (κ3) is 2.69. The fraction of sp³-hybridized carbons (Fsp3) is 1.00. The molecule has 1 heterocycles. The molecule has 0 aromatic carbocycles. The number of hydrogen-bond donors (Lipinski definition) is 0. The Hall–Kier alpha value is 0.137. The summed E-state index contributed by atoms with van der Waals surface area (Å²) in [7, 11) is -1.94. The Morgan fingerprint density at radius 3 is 1.62 bits per heavy atom. The highest BCUT2D eigenvalue weighted by atomic mass is 28.4. The minimum absolute atomic E-state index is 0.714. The molecule has 1 aliphatic heterocycles. The lowest BCUT2D eigenvalue weighted by Crippen LogP contribution is -2.53. The Morgan fingerprint density at radius 2 is 1.31 bits per heavy atom. The smallest absolute Gasteiger partial charge is 0.344 e. The monoisotopic (exact) mass is 244 g/mol. The summed E-state index contributed by atoms with van der Waals surface area (Å²) in [4.78, 5) is 0. The number of rotatable bonds is 6. The largest absolute Gasteiger partial charge is 0.394 e. The molecule has 0 amide bonds. The lowest BCUT2D eigenvalue weighted by atomic mass is 10.1. The van der Waals surface area contributed by atoms with Gasteiger partial charge in [-0.05, 0) is 26.7 Å². The maximum absolute atomic E-state index is 6.23. The van der Waals surface area contributed by atoms with Gasteiger partial charge in [-0.15, -0.1) is 0 Å². The molecule has 0 spiro atoms. The molecule has 0 radical (unpaired) electrons. The second-order valence-corrected chi connectivity index (χ2v) is 8.38. The topological polar surface area (TPSA) is 18.5 Å². The zero-order chi connectivity index (χ0) is 12.0. The Bertz CT molecular complexity index is 176. The highest BCUT2D eigenvalue weighted by molar-refractivity contribution is 6.70. The predicted molar refractivity (Wildman–Crippen MR) is 70.9 cm³/mol. The summed E-state index contributed by atoms with van der Waals surface area (Å²) in [5.41, 5.74) is 1.43. The van der Waals surface area contributed by atoms with Gasteiger partial charge in [0.1, 0.15) is 0 Å². The summed E-state index contributed by atoms with van der Waals surface area (Å²) in [6, 6.07) is 0. The summed E-state index contributed by atoms with van der Waals surface area (Å²) in [5.74, 6) is 0. The average molecular weight is 244 g/mol. The second-order valence-electron chi connectivity index (χ2n) is 4.73. The molecule has 2 unspecified atom stereocenters. The fourth-order valence-corrected chi connectivity index (χ4v) is 8.23. The summed E-state index contributed by atoms with van der Waals surface area (Å²) < 4.78 is 12.5. The normalized spacial score (nSPS) is 29.2. The molecule has 1 aliphatic rings. The van der Waals surface area contributed by atoms with Crippen molar-refractivity contribution in [2.24, 2.45) is 0 Å². The van der Waals surface area contributed by atoms with Crippen LogP contribution in [-0.4, -0.2) is 21.8 Å². The van der Waals surface area contributed by atoms with E-state index in [1.807, 2.05) is 0 Å². The highest BCUT2D eigenvalue weighted by Crippen LogP contribution is 2.48. The van der Waals surface area contributed by atoms with Gasteiger partial charge in [-0.3, -0.25) is 0 Å². The van der Waals surface area contributed by atoms with Crippen LogP contribution < -0.4 is 0 Å². The zero-order valence-corrected chi connectivity index (χ0v) is 12.4. The van der Waals surface area contributed by atoms with Gasteiger partial charge in [-0.2, -0.15) is 0 Å². The first kappa shape index (κ1) is 14.2. The van der Waals surface area contributed by atoms with Gasteiger partial charge < -0.3 is 8.85 Å². The van der Waals surface area contributed by atoms with Gasteiger partial charge in [0, 0.05) is 24.3 Å². The molecule has 1 fully saturated rings. The van der Waals surface area contributed by atoms with Crippen molar-refractivity contribution in [1.29, 1.82) is 0 Å². The molecule has 0 bridgehead atoms. The van der Waals surface area contributed by atoms with E-state index in [2.05, 4.69) is 27.7 Å². The molecule has 0 saturated carbocycles. The fourth-order valence-electron chi connectivity index (χ4n) is 3.29.